The summed E-state index contributed by atoms with van der Waals surface area (Å²) >= 11 is 10.6. The zero-order valence-corrected chi connectivity index (χ0v) is 13.1. The predicted octanol–water partition coefficient (Wildman–Crippen LogP) is 4.36. The van der Waals surface area contributed by atoms with Crippen molar-refractivity contribution in [1.82, 2.24) is 9.97 Å². The van der Waals surface area contributed by atoms with Crippen molar-refractivity contribution in [1.29, 1.82) is 0 Å². The molecule has 2 heterocycles. The van der Waals surface area contributed by atoms with Crippen molar-refractivity contribution in [3.8, 4) is 0 Å². The van der Waals surface area contributed by atoms with Crippen molar-refractivity contribution >= 4 is 60.1 Å². The molecule has 3 aromatic rings. The summed E-state index contributed by atoms with van der Waals surface area (Å²) in [4.78, 5) is 20.5. The van der Waals surface area contributed by atoms with E-state index >= 15 is 0 Å². The van der Waals surface area contributed by atoms with Crippen LogP contribution in [-0.2, 0) is 0 Å². The summed E-state index contributed by atoms with van der Waals surface area (Å²) in [6.45, 7) is 0. The van der Waals surface area contributed by atoms with Gasteiger partial charge < -0.3 is 0 Å². The quantitative estimate of drug-likeness (QED) is 0.684. The van der Waals surface area contributed by atoms with Gasteiger partial charge >= 0.3 is 0 Å². The number of rotatable bonds is 2. The molecule has 1 aromatic carbocycles. The van der Waals surface area contributed by atoms with Crippen molar-refractivity contribution in [2.24, 2.45) is 0 Å². The van der Waals surface area contributed by atoms with E-state index in [4.69, 9.17) is 11.6 Å². The second kappa shape index (κ2) is 5.47. The summed E-state index contributed by atoms with van der Waals surface area (Å²) in [5.74, 6) is -0.255. The van der Waals surface area contributed by atoms with Crippen molar-refractivity contribution in [2.45, 2.75) is 0 Å². The fourth-order valence-electron chi connectivity index (χ4n) is 1.67. The number of halogens is 2. The fourth-order valence-corrected chi connectivity index (χ4v) is 3.24. The highest BCUT2D eigenvalue weighted by Crippen LogP contribution is 2.28. The summed E-state index contributed by atoms with van der Waals surface area (Å²) in [5.41, 5.74) is 1.27. The summed E-state index contributed by atoms with van der Waals surface area (Å²) in [6.07, 6.45) is 1.61. The van der Waals surface area contributed by atoms with E-state index in [-0.39, 0.29) is 5.91 Å². The SMILES string of the molecule is O=C(Nc1nc2ccc(Cl)cc2s1)c1cccnc1Br. The lowest BCUT2D eigenvalue weighted by molar-refractivity contribution is 0.102. The highest BCUT2D eigenvalue weighted by Gasteiger charge is 2.13. The molecule has 0 unspecified atom stereocenters. The molecule has 20 heavy (non-hydrogen) atoms. The average molecular weight is 369 g/mol. The zero-order chi connectivity index (χ0) is 14.1. The average Bonchev–Trinajstić information content (AvgIpc) is 2.80. The highest BCUT2D eigenvalue weighted by atomic mass is 79.9. The van der Waals surface area contributed by atoms with E-state index in [2.05, 4.69) is 31.2 Å². The standard InChI is InChI=1S/C13H7BrClN3OS/c14-11-8(2-1-5-16-11)12(19)18-13-17-9-4-3-7(15)6-10(9)20-13/h1-6H,(H,17,18,19). The molecule has 4 nitrogen and oxygen atoms in total. The Morgan fingerprint density at radius 3 is 3.00 bits per heavy atom. The lowest BCUT2D eigenvalue weighted by Gasteiger charge is -2.02. The molecule has 0 aliphatic heterocycles. The number of anilines is 1. The minimum atomic E-state index is -0.255. The lowest BCUT2D eigenvalue weighted by atomic mass is 10.3. The third kappa shape index (κ3) is 2.67. The number of nitrogens with one attached hydrogen (secondary N) is 1. The number of amides is 1. The summed E-state index contributed by atoms with van der Waals surface area (Å²) in [5, 5.41) is 3.94. The van der Waals surface area contributed by atoms with Crippen molar-refractivity contribution in [3.05, 3.63) is 51.7 Å². The van der Waals surface area contributed by atoms with Crippen LogP contribution in [0.4, 0.5) is 5.13 Å². The Balaban J connectivity index is 1.89. The van der Waals surface area contributed by atoms with Crippen LogP contribution < -0.4 is 5.32 Å². The van der Waals surface area contributed by atoms with Gasteiger partial charge in [0.15, 0.2) is 5.13 Å². The van der Waals surface area contributed by atoms with Gasteiger partial charge in [0.2, 0.25) is 0 Å². The van der Waals surface area contributed by atoms with E-state index in [1.165, 1.54) is 11.3 Å². The van der Waals surface area contributed by atoms with Gasteiger partial charge in [0.05, 0.1) is 15.8 Å². The topological polar surface area (TPSA) is 54.9 Å². The van der Waals surface area contributed by atoms with E-state index < -0.39 is 0 Å². The second-order valence-electron chi connectivity index (χ2n) is 3.93. The third-order valence-corrected chi connectivity index (χ3v) is 4.38. The monoisotopic (exact) mass is 367 g/mol. The first kappa shape index (κ1) is 13.5. The first-order chi connectivity index (χ1) is 9.63. The van der Waals surface area contributed by atoms with Gasteiger partial charge in [0.25, 0.3) is 5.91 Å². The van der Waals surface area contributed by atoms with E-state index in [1.54, 1.807) is 24.4 Å². The minimum absolute atomic E-state index is 0.255. The number of nitrogens with zero attached hydrogens (tertiary/aromatic N) is 2. The Labute approximate surface area is 131 Å². The maximum Gasteiger partial charge on any atom is 0.260 e. The molecule has 0 bridgehead atoms. The molecule has 0 saturated carbocycles. The molecule has 1 N–H and O–H groups in total. The van der Waals surface area contributed by atoms with Gasteiger partial charge in [-0.3, -0.25) is 10.1 Å². The van der Waals surface area contributed by atoms with Crippen LogP contribution in [-0.4, -0.2) is 15.9 Å². The lowest BCUT2D eigenvalue weighted by Crippen LogP contribution is -2.12. The third-order valence-electron chi connectivity index (χ3n) is 2.57. The predicted molar refractivity (Wildman–Crippen MR) is 84.5 cm³/mol. The summed E-state index contributed by atoms with van der Waals surface area (Å²) in [6, 6.07) is 8.81. The van der Waals surface area contributed by atoms with Gasteiger partial charge in [-0.1, -0.05) is 22.9 Å². The molecule has 0 aliphatic rings. The van der Waals surface area contributed by atoms with Crippen molar-refractivity contribution < 1.29 is 4.79 Å². The molecule has 0 radical (unpaired) electrons. The molecule has 1 amide bonds. The Bertz CT molecular complexity index is 805. The van der Waals surface area contributed by atoms with Gasteiger partial charge in [-0.25, -0.2) is 9.97 Å². The van der Waals surface area contributed by atoms with Crippen molar-refractivity contribution in [2.75, 3.05) is 5.32 Å². The van der Waals surface area contributed by atoms with Crippen LogP contribution in [0.1, 0.15) is 10.4 Å². The number of benzene rings is 1. The molecule has 3 rings (SSSR count). The molecule has 0 atom stereocenters. The van der Waals surface area contributed by atoms with Crippen LogP contribution in [0, 0.1) is 0 Å². The first-order valence-electron chi connectivity index (χ1n) is 5.61. The number of fused-ring (bicyclic) bond motifs is 1. The molecule has 7 heteroatoms. The van der Waals surface area contributed by atoms with Crippen LogP contribution in [0.15, 0.2) is 41.1 Å². The Kier molecular flexibility index (Phi) is 3.69. The van der Waals surface area contributed by atoms with E-state index in [0.29, 0.717) is 20.3 Å². The van der Waals surface area contributed by atoms with E-state index in [1.807, 2.05) is 12.1 Å². The van der Waals surface area contributed by atoms with Gasteiger partial charge in [0, 0.05) is 11.2 Å². The van der Waals surface area contributed by atoms with E-state index in [0.717, 1.165) is 10.2 Å². The Hall–Kier alpha value is -1.50. The van der Waals surface area contributed by atoms with Crippen molar-refractivity contribution in [3.63, 3.8) is 0 Å². The molecule has 0 spiro atoms. The smallest absolute Gasteiger partial charge is 0.260 e. The molecular weight excluding hydrogens is 362 g/mol. The maximum absolute atomic E-state index is 12.1. The van der Waals surface area contributed by atoms with Crippen LogP contribution in [0.5, 0.6) is 0 Å². The largest absolute Gasteiger partial charge is 0.298 e. The normalized spacial score (nSPS) is 10.7. The zero-order valence-electron chi connectivity index (χ0n) is 9.93. The maximum atomic E-state index is 12.1. The molecule has 0 aliphatic carbocycles. The van der Waals surface area contributed by atoms with Gasteiger partial charge in [-0.05, 0) is 46.3 Å². The van der Waals surface area contributed by atoms with Crippen LogP contribution in [0.3, 0.4) is 0 Å². The minimum Gasteiger partial charge on any atom is -0.298 e. The first-order valence-corrected chi connectivity index (χ1v) is 7.60. The summed E-state index contributed by atoms with van der Waals surface area (Å²) in [7, 11) is 0. The molecule has 2 aromatic heterocycles. The molecule has 0 saturated heterocycles. The number of hydrogen-bond donors (Lipinski definition) is 1. The van der Waals surface area contributed by atoms with Crippen LogP contribution >= 0.6 is 38.9 Å². The van der Waals surface area contributed by atoms with Crippen LogP contribution in [0.2, 0.25) is 5.02 Å². The summed E-state index contributed by atoms with van der Waals surface area (Å²) < 4.78 is 1.43. The van der Waals surface area contributed by atoms with E-state index in [9.17, 15) is 4.79 Å². The Morgan fingerprint density at radius 2 is 2.20 bits per heavy atom. The number of thiazole rings is 1. The highest BCUT2D eigenvalue weighted by molar-refractivity contribution is 9.10. The number of hydrogen-bond acceptors (Lipinski definition) is 4. The molecular formula is C13H7BrClN3OS. The molecule has 0 fully saturated rings. The Morgan fingerprint density at radius 1 is 1.35 bits per heavy atom. The van der Waals surface area contributed by atoms with Gasteiger partial charge in [-0.2, -0.15) is 0 Å². The number of carbonyl (C=O) groups excluding carboxylic acids is 1. The molecule has 100 valence electrons. The van der Waals surface area contributed by atoms with Crippen LogP contribution in [0.25, 0.3) is 10.2 Å². The van der Waals surface area contributed by atoms with Gasteiger partial charge in [-0.15, -0.1) is 0 Å². The number of aromatic nitrogens is 2. The second-order valence-corrected chi connectivity index (χ2v) is 6.15. The number of carbonyl (C=O) groups is 1. The van der Waals surface area contributed by atoms with Gasteiger partial charge in [0.1, 0.15) is 4.60 Å². The fraction of sp³-hybridized carbons (Fsp3) is 0. The number of pyridine rings is 1.